The monoisotopic (exact) mass is 330 g/mol. The smallest absolute Gasteiger partial charge is 0.119 e. The number of hydrogen-bond donors (Lipinski definition) is 1. The summed E-state index contributed by atoms with van der Waals surface area (Å²) in [7, 11) is 0. The van der Waals surface area contributed by atoms with Crippen LogP contribution < -0.4 is 10.2 Å². The van der Waals surface area contributed by atoms with Gasteiger partial charge < -0.3 is 4.74 Å². The van der Waals surface area contributed by atoms with Crippen molar-refractivity contribution in [2.24, 2.45) is 5.10 Å². The Labute approximate surface area is 149 Å². The predicted octanol–water partition coefficient (Wildman–Crippen LogP) is 5.33. The van der Waals surface area contributed by atoms with E-state index in [0.29, 0.717) is 6.61 Å². The van der Waals surface area contributed by atoms with Crippen molar-refractivity contribution >= 4 is 11.9 Å². The number of hydrazone groups is 1. The summed E-state index contributed by atoms with van der Waals surface area (Å²) in [6.45, 7) is 4.74. The maximum absolute atomic E-state index is 5.85. The molecule has 0 spiro atoms. The first-order valence-electron chi connectivity index (χ1n) is 8.34. The zero-order valence-electron chi connectivity index (χ0n) is 14.6. The van der Waals surface area contributed by atoms with Gasteiger partial charge in [-0.15, -0.1) is 0 Å². The van der Waals surface area contributed by atoms with Crippen LogP contribution >= 0.6 is 0 Å². The topological polar surface area (TPSA) is 33.6 Å². The van der Waals surface area contributed by atoms with Crippen LogP contribution in [0, 0.1) is 13.8 Å². The van der Waals surface area contributed by atoms with Crippen molar-refractivity contribution in [2.75, 3.05) is 5.43 Å². The molecule has 0 saturated heterocycles. The summed E-state index contributed by atoms with van der Waals surface area (Å²) in [6, 6.07) is 24.3. The molecular formula is C22H22N2O. The minimum atomic E-state index is 0.578. The van der Waals surface area contributed by atoms with Gasteiger partial charge in [-0.1, -0.05) is 42.0 Å². The summed E-state index contributed by atoms with van der Waals surface area (Å²) >= 11 is 0. The highest BCUT2D eigenvalue weighted by Gasteiger charge is 1.99. The molecule has 126 valence electrons. The van der Waals surface area contributed by atoms with Gasteiger partial charge in [-0.25, -0.2) is 0 Å². The molecule has 0 heterocycles. The number of nitrogens with zero attached hydrogens (tertiary/aromatic N) is 1. The van der Waals surface area contributed by atoms with Crippen molar-refractivity contribution in [3.8, 4) is 5.75 Å². The van der Waals surface area contributed by atoms with E-state index in [1.54, 1.807) is 6.21 Å². The van der Waals surface area contributed by atoms with Crippen molar-refractivity contribution in [2.45, 2.75) is 20.5 Å². The normalized spacial score (nSPS) is 10.8. The molecule has 0 radical (unpaired) electrons. The number of rotatable bonds is 6. The lowest BCUT2D eigenvalue weighted by atomic mass is 10.1. The van der Waals surface area contributed by atoms with Gasteiger partial charge in [0.15, 0.2) is 0 Å². The highest BCUT2D eigenvalue weighted by atomic mass is 16.5. The number of aryl methyl sites for hydroxylation is 2. The van der Waals surface area contributed by atoms with E-state index in [0.717, 1.165) is 17.0 Å². The zero-order valence-corrected chi connectivity index (χ0v) is 14.6. The lowest BCUT2D eigenvalue weighted by molar-refractivity contribution is 0.305. The second-order valence-electron chi connectivity index (χ2n) is 6.02. The van der Waals surface area contributed by atoms with Crippen LogP contribution in [0.25, 0.3) is 0 Å². The van der Waals surface area contributed by atoms with Crippen molar-refractivity contribution in [1.82, 2.24) is 0 Å². The van der Waals surface area contributed by atoms with Crippen molar-refractivity contribution in [1.29, 1.82) is 0 Å². The quantitative estimate of drug-likeness (QED) is 0.489. The van der Waals surface area contributed by atoms with Crippen LogP contribution in [0.3, 0.4) is 0 Å². The number of ether oxygens (including phenoxy) is 1. The van der Waals surface area contributed by atoms with Crippen LogP contribution in [0.4, 0.5) is 5.69 Å². The number of nitrogens with one attached hydrogen (secondary N) is 1. The molecule has 1 N–H and O–H groups in total. The van der Waals surface area contributed by atoms with E-state index in [1.165, 1.54) is 16.7 Å². The molecule has 0 aliphatic carbocycles. The summed E-state index contributed by atoms with van der Waals surface area (Å²) in [5.74, 6) is 0.854. The van der Waals surface area contributed by atoms with E-state index in [4.69, 9.17) is 4.74 Å². The summed E-state index contributed by atoms with van der Waals surface area (Å²) in [5.41, 5.74) is 8.70. The lowest BCUT2D eigenvalue weighted by Gasteiger charge is -2.08. The summed E-state index contributed by atoms with van der Waals surface area (Å²) in [5, 5.41) is 4.26. The molecule has 0 aliphatic rings. The van der Waals surface area contributed by atoms with Crippen LogP contribution in [-0.2, 0) is 6.61 Å². The molecule has 0 atom stereocenters. The van der Waals surface area contributed by atoms with Crippen molar-refractivity contribution < 1.29 is 4.74 Å². The van der Waals surface area contributed by atoms with Crippen LogP contribution in [0.1, 0.15) is 22.3 Å². The molecule has 3 aromatic rings. The highest BCUT2D eigenvalue weighted by molar-refractivity contribution is 5.80. The molecular weight excluding hydrogens is 308 g/mol. The van der Waals surface area contributed by atoms with Gasteiger partial charge in [0.05, 0.1) is 11.9 Å². The van der Waals surface area contributed by atoms with Gasteiger partial charge in [-0.2, -0.15) is 5.10 Å². The SMILES string of the molecule is Cc1ccc(NN=Cc2ccc(OCc3ccccc3C)cc2)cc1. The first-order valence-corrected chi connectivity index (χ1v) is 8.34. The highest BCUT2D eigenvalue weighted by Crippen LogP contribution is 2.15. The van der Waals surface area contributed by atoms with E-state index in [-0.39, 0.29) is 0 Å². The number of hydrogen-bond acceptors (Lipinski definition) is 3. The fourth-order valence-corrected chi connectivity index (χ4v) is 2.39. The van der Waals surface area contributed by atoms with E-state index < -0.39 is 0 Å². The Balaban J connectivity index is 1.54. The second-order valence-corrected chi connectivity index (χ2v) is 6.02. The minimum absolute atomic E-state index is 0.578. The van der Waals surface area contributed by atoms with E-state index in [9.17, 15) is 0 Å². The summed E-state index contributed by atoms with van der Waals surface area (Å²) < 4.78 is 5.85. The summed E-state index contributed by atoms with van der Waals surface area (Å²) in [6.07, 6.45) is 1.80. The fourth-order valence-electron chi connectivity index (χ4n) is 2.39. The average molecular weight is 330 g/mol. The van der Waals surface area contributed by atoms with Crippen molar-refractivity contribution in [3.63, 3.8) is 0 Å². The Morgan fingerprint density at radius 1 is 0.880 bits per heavy atom. The standard InChI is InChI=1S/C22H22N2O/c1-17-7-11-21(12-8-17)24-23-15-19-9-13-22(14-10-19)25-16-20-6-4-3-5-18(20)2/h3-15,24H,16H2,1-2H3. The van der Waals surface area contributed by atoms with Crippen LogP contribution in [-0.4, -0.2) is 6.21 Å². The molecule has 0 bridgehead atoms. The summed E-state index contributed by atoms with van der Waals surface area (Å²) in [4.78, 5) is 0. The van der Waals surface area contributed by atoms with Gasteiger partial charge in [-0.3, -0.25) is 5.43 Å². The Kier molecular flexibility index (Phi) is 5.47. The molecule has 0 aromatic heterocycles. The van der Waals surface area contributed by atoms with Crippen LogP contribution in [0.2, 0.25) is 0 Å². The number of benzene rings is 3. The van der Waals surface area contributed by atoms with Gasteiger partial charge in [0.2, 0.25) is 0 Å². The van der Waals surface area contributed by atoms with E-state index in [1.807, 2.05) is 48.5 Å². The molecule has 3 aromatic carbocycles. The van der Waals surface area contributed by atoms with Gasteiger partial charge in [0.25, 0.3) is 0 Å². The first-order chi connectivity index (χ1) is 12.2. The van der Waals surface area contributed by atoms with Gasteiger partial charge in [0.1, 0.15) is 12.4 Å². The van der Waals surface area contributed by atoms with Crippen molar-refractivity contribution in [3.05, 3.63) is 95.1 Å². The van der Waals surface area contributed by atoms with Gasteiger partial charge in [-0.05, 0) is 66.9 Å². The molecule has 0 aliphatic heterocycles. The Morgan fingerprint density at radius 2 is 1.60 bits per heavy atom. The maximum Gasteiger partial charge on any atom is 0.119 e. The molecule has 0 saturated carbocycles. The Morgan fingerprint density at radius 3 is 2.32 bits per heavy atom. The third kappa shape index (κ3) is 4.95. The third-order valence-corrected chi connectivity index (χ3v) is 3.99. The molecule has 3 heteroatoms. The Hall–Kier alpha value is -3.07. The molecule has 0 fully saturated rings. The third-order valence-electron chi connectivity index (χ3n) is 3.99. The molecule has 25 heavy (non-hydrogen) atoms. The van der Waals surface area contributed by atoms with Gasteiger partial charge in [0, 0.05) is 0 Å². The fraction of sp³-hybridized carbons (Fsp3) is 0.136. The van der Waals surface area contributed by atoms with Crippen LogP contribution in [0.5, 0.6) is 5.75 Å². The number of anilines is 1. The average Bonchev–Trinajstić information content (AvgIpc) is 2.64. The van der Waals surface area contributed by atoms with Crippen LogP contribution in [0.15, 0.2) is 77.9 Å². The largest absolute Gasteiger partial charge is 0.489 e. The van der Waals surface area contributed by atoms with E-state index >= 15 is 0 Å². The minimum Gasteiger partial charge on any atom is -0.489 e. The first kappa shape index (κ1) is 16.8. The second kappa shape index (κ2) is 8.15. The predicted molar refractivity (Wildman–Crippen MR) is 104 cm³/mol. The Bertz CT molecular complexity index is 837. The maximum atomic E-state index is 5.85. The van der Waals surface area contributed by atoms with Gasteiger partial charge >= 0.3 is 0 Å². The van der Waals surface area contributed by atoms with E-state index in [2.05, 4.69) is 48.6 Å². The molecule has 3 rings (SSSR count). The zero-order chi connectivity index (χ0) is 17.5. The molecule has 0 unspecified atom stereocenters. The molecule has 3 nitrogen and oxygen atoms in total. The molecule has 0 amide bonds. The lowest BCUT2D eigenvalue weighted by Crippen LogP contribution is -1.97.